The molecular formula is C15H19N3O2. The maximum absolute atomic E-state index is 13.0. The molecule has 1 fully saturated rings. The molecule has 1 aromatic carbocycles. The van der Waals surface area contributed by atoms with Crippen LogP contribution in [0.2, 0.25) is 0 Å². The minimum Gasteiger partial charge on any atom is -0.409 e. The quantitative estimate of drug-likeness (QED) is 0.374. The fourth-order valence-corrected chi connectivity index (χ4v) is 3.46. The molecule has 1 aromatic rings. The second kappa shape index (κ2) is 4.81. The Labute approximate surface area is 118 Å². The van der Waals surface area contributed by atoms with E-state index in [2.05, 4.69) is 5.16 Å². The Hall–Kier alpha value is -2.04. The number of nitrogens with zero attached hydrogens (tertiary/aromatic N) is 2. The van der Waals surface area contributed by atoms with E-state index in [0.717, 1.165) is 24.9 Å². The Balaban J connectivity index is 1.96. The van der Waals surface area contributed by atoms with Gasteiger partial charge >= 0.3 is 0 Å². The molecule has 0 bridgehead atoms. The van der Waals surface area contributed by atoms with Crippen LogP contribution in [-0.4, -0.2) is 23.5 Å². The van der Waals surface area contributed by atoms with Crippen LogP contribution in [0.5, 0.6) is 0 Å². The Morgan fingerprint density at radius 2 is 2.00 bits per heavy atom. The van der Waals surface area contributed by atoms with Gasteiger partial charge in [-0.3, -0.25) is 4.79 Å². The molecule has 5 heteroatoms. The van der Waals surface area contributed by atoms with Crippen LogP contribution in [-0.2, 0) is 11.2 Å². The average molecular weight is 273 g/mol. The lowest BCUT2D eigenvalue weighted by molar-refractivity contribution is -0.124. The van der Waals surface area contributed by atoms with Gasteiger partial charge in [0.1, 0.15) is 5.41 Å². The van der Waals surface area contributed by atoms with Crippen LogP contribution in [0.1, 0.15) is 31.2 Å². The number of rotatable bonds is 2. The molecule has 3 rings (SSSR count). The molecule has 0 saturated heterocycles. The van der Waals surface area contributed by atoms with E-state index in [4.69, 9.17) is 10.9 Å². The van der Waals surface area contributed by atoms with E-state index >= 15 is 0 Å². The number of nitrogens with two attached hydrogens (primary N) is 1. The maximum Gasteiger partial charge on any atom is 0.240 e. The van der Waals surface area contributed by atoms with Gasteiger partial charge in [0.05, 0.1) is 0 Å². The van der Waals surface area contributed by atoms with Crippen molar-refractivity contribution in [2.24, 2.45) is 16.3 Å². The van der Waals surface area contributed by atoms with Gasteiger partial charge in [0.25, 0.3) is 0 Å². The number of amides is 1. The van der Waals surface area contributed by atoms with Crippen molar-refractivity contribution in [2.45, 2.75) is 32.1 Å². The van der Waals surface area contributed by atoms with Gasteiger partial charge in [-0.15, -0.1) is 0 Å². The second-order valence-corrected chi connectivity index (χ2v) is 5.61. The van der Waals surface area contributed by atoms with E-state index in [1.54, 1.807) is 4.90 Å². The number of oxime groups is 1. The van der Waals surface area contributed by atoms with E-state index in [9.17, 15) is 4.79 Å². The van der Waals surface area contributed by atoms with Crippen molar-refractivity contribution in [1.29, 1.82) is 0 Å². The molecule has 2 aliphatic rings. The fraction of sp³-hybridized carbons (Fsp3) is 0.467. The van der Waals surface area contributed by atoms with Gasteiger partial charge in [-0.05, 0) is 30.9 Å². The molecule has 20 heavy (non-hydrogen) atoms. The summed E-state index contributed by atoms with van der Waals surface area (Å²) in [7, 11) is 0. The Morgan fingerprint density at radius 1 is 1.30 bits per heavy atom. The standard InChI is InChI=1S/C15H19N3O2/c16-13(17-20)15(8-3-4-9-15)14(19)18-10-7-11-5-1-2-6-12(11)18/h1-2,5-6,20H,3-4,7-10H2,(H2,16,17). The van der Waals surface area contributed by atoms with E-state index in [1.807, 2.05) is 24.3 Å². The first-order valence-electron chi connectivity index (χ1n) is 7.07. The second-order valence-electron chi connectivity index (χ2n) is 5.61. The van der Waals surface area contributed by atoms with Gasteiger partial charge in [0, 0.05) is 12.2 Å². The van der Waals surface area contributed by atoms with Crippen LogP contribution in [0, 0.1) is 5.41 Å². The molecule has 1 aliphatic heterocycles. The first kappa shape index (κ1) is 13.0. The van der Waals surface area contributed by atoms with E-state index in [0.29, 0.717) is 19.4 Å². The van der Waals surface area contributed by atoms with Crippen molar-refractivity contribution in [1.82, 2.24) is 0 Å². The highest BCUT2D eigenvalue weighted by molar-refractivity contribution is 6.13. The van der Waals surface area contributed by atoms with Gasteiger partial charge in [0.2, 0.25) is 5.91 Å². The molecular weight excluding hydrogens is 254 g/mol. The topological polar surface area (TPSA) is 78.9 Å². The summed E-state index contributed by atoms with van der Waals surface area (Å²) in [4.78, 5) is 14.8. The molecule has 106 valence electrons. The smallest absolute Gasteiger partial charge is 0.240 e. The molecule has 0 spiro atoms. The highest BCUT2D eigenvalue weighted by Crippen LogP contribution is 2.42. The summed E-state index contributed by atoms with van der Waals surface area (Å²) >= 11 is 0. The molecule has 1 aliphatic carbocycles. The van der Waals surface area contributed by atoms with Crippen molar-refractivity contribution < 1.29 is 10.0 Å². The summed E-state index contributed by atoms with van der Waals surface area (Å²) in [6.07, 6.45) is 4.09. The van der Waals surface area contributed by atoms with Crippen LogP contribution in [0.25, 0.3) is 0 Å². The van der Waals surface area contributed by atoms with Crippen LogP contribution < -0.4 is 10.6 Å². The van der Waals surface area contributed by atoms with Gasteiger partial charge in [-0.1, -0.05) is 36.2 Å². The van der Waals surface area contributed by atoms with Crippen LogP contribution in [0.3, 0.4) is 0 Å². The normalized spacial score (nSPS) is 21.0. The number of para-hydroxylation sites is 1. The third-order valence-electron chi connectivity index (χ3n) is 4.60. The fourth-order valence-electron chi connectivity index (χ4n) is 3.46. The zero-order chi connectivity index (χ0) is 14.2. The molecule has 0 aromatic heterocycles. The SMILES string of the molecule is NC(=NO)C1(C(=O)N2CCc3ccccc32)CCCC1. The predicted octanol–water partition coefficient (Wildman–Crippen LogP) is 1.88. The summed E-state index contributed by atoms with van der Waals surface area (Å²) < 4.78 is 0. The zero-order valence-electron chi connectivity index (χ0n) is 11.4. The molecule has 1 amide bonds. The summed E-state index contributed by atoms with van der Waals surface area (Å²) in [5.41, 5.74) is 7.20. The minimum atomic E-state index is -0.813. The number of anilines is 1. The molecule has 1 saturated carbocycles. The number of hydrogen-bond acceptors (Lipinski definition) is 3. The van der Waals surface area contributed by atoms with Gasteiger partial charge in [-0.25, -0.2) is 0 Å². The lowest BCUT2D eigenvalue weighted by Gasteiger charge is -2.31. The molecule has 0 atom stereocenters. The summed E-state index contributed by atoms with van der Waals surface area (Å²) in [5.74, 6) is 0.0413. The van der Waals surface area contributed by atoms with Gasteiger partial charge < -0.3 is 15.8 Å². The van der Waals surface area contributed by atoms with Crippen molar-refractivity contribution in [3.8, 4) is 0 Å². The molecule has 0 radical (unpaired) electrons. The Bertz CT molecular complexity index is 562. The summed E-state index contributed by atoms with van der Waals surface area (Å²) in [6.45, 7) is 0.679. The van der Waals surface area contributed by atoms with Crippen LogP contribution in [0.15, 0.2) is 29.4 Å². The number of carbonyl (C=O) groups excluding carboxylic acids is 1. The van der Waals surface area contributed by atoms with Crippen molar-refractivity contribution in [2.75, 3.05) is 11.4 Å². The number of amidine groups is 1. The average Bonchev–Trinajstić information content (AvgIpc) is 3.13. The van der Waals surface area contributed by atoms with Gasteiger partial charge in [-0.2, -0.15) is 0 Å². The number of carbonyl (C=O) groups is 1. The first-order chi connectivity index (χ1) is 9.69. The highest BCUT2D eigenvalue weighted by Gasteiger charge is 2.48. The van der Waals surface area contributed by atoms with Crippen molar-refractivity contribution in [3.63, 3.8) is 0 Å². The third kappa shape index (κ3) is 1.77. The van der Waals surface area contributed by atoms with E-state index in [1.165, 1.54) is 5.56 Å². The number of hydrogen-bond donors (Lipinski definition) is 2. The van der Waals surface area contributed by atoms with E-state index < -0.39 is 5.41 Å². The first-order valence-corrected chi connectivity index (χ1v) is 7.07. The van der Waals surface area contributed by atoms with Gasteiger partial charge in [0.15, 0.2) is 5.84 Å². The summed E-state index contributed by atoms with van der Waals surface area (Å²) in [5, 5.41) is 12.2. The molecule has 0 unspecified atom stereocenters. The monoisotopic (exact) mass is 273 g/mol. The lowest BCUT2D eigenvalue weighted by Crippen LogP contribution is -2.49. The summed E-state index contributed by atoms with van der Waals surface area (Å²) in [6, 6.07) is 7.94. The van der Waals surface area contributed by atoms with Crippen molar-refractivity contribution in [3.05, 3.63) is 29.8 Å². The molecule has 1 heterocycles. The largest absolute Gasteiger partial charge is 0.409 e. The Kier molecular flexibility index (Phi) is 3.12. The van der Waals surface area contributed by atoms with E-state index in [-0.39, 0.29) is 11.7 Å². The minimum absolute atomic E-state index is 0.0183. The Morgan fingerprint density at radius 3 is 2.70 bits per heavy atom. The number of benzene rings is 1. The highest BCUT2D eigenvalue weighted by atomic mass is 16.4. The lowest BCUT2D eigenvalue weighted by atomic mass is 9.83. The maximum atomic E-state index is 13.0. The third-order valence-corrected chi connectivity index (χ3v) is 4.60. The predicted molar refractivity (Wildman–Crippen MR) is 76.8 cm³/mol. The zero-order valence-corrected chi connectivity index (χ0v) is 11.4. The van der Waals surface area contributed by atoms with Crippen LogP contribution >= 0.6 is 0 Å². The van der Waals surface area contributed by atoms with Crippen molar-refractivity contribution >= 4 is 17.4 Å². The van der Waals surface area contributed by atoms with Crippen LogP contribution in [0.4, 0.5) is 5.69 Å². The molecule has 3 N–H and O–H groups in total. The molecule has 5 nitrogen and oxygen atoms in total. The number of fused-ring (bicyclic) bond motifs is 1.